The van der Waals surface area contributed by atoms with Crippen LogP contribution in [0.2, 0.25) is 0 Å². The predicted octanol–water partition coefficient (Wildman–Crippen LogP) is 12.7. The molecule has 5 nitrogen and oxygen atoms in total. The monoisotopic (exact) mass is 738 g/mol. The molecule has 8 aromatic carbocycles. The first-order valence-electron chi connectivity index (χ1n) is 28.5. The van der Waals surface area contributed by atoms with Crippen molar-refractivity contribution in [1.29, 1.82) is 0 Å². The molecule has 0 N–H and O–H groups in total. The predicted molar refractivity (Wildman–Crippen MR) is 230 cm³/mol. The van der Waals surface area contributed by atoms with E-state index in [2.05, 4.69) is 4.98 Å². The highest BCUT2D eigenvalue weighted by molar-refractivity contribution is 6.26. The molecule has 0 radical (unpaired) electrons. The first-order chi connectivity index (χ1) is 37.3. The lowest BCUT2D eigenvalue weighted by atomic mass is 10.0. The van der Waals surface area contributed by atoms with Crippen molar-refractivity contribution in [3.8, 4) is 56.7 Å². The molecule has 5 heteroatoms. The fraction of sp³-hybridized carbons (Fsp3) is 0. The number of fused-ring (bicyclic) bond motifs is 7. The van der Waals surface area contributed by atoms with Crippen molar-refractivity contribution >= 4 is 43.6 Å². The molecule has 0 bridgehead atoms. The molecule has 0 saturated carbocycles. The van der Waals surface area contributed by atoms with E-state index in [-0.39, 0.29) is 17.2 Å². The molecule has 11 rings (SSSR count). The van der Waals surface area contributed by atoms with E-state index in [0.29, 0.717) is 38.1 Å². The van der Waals surface area contributed by atoms with E-state index in [9.17, 15) is 11.0 Å². The minimum atomic E-state index is -0.859. The lowest BCUT2D eigenvalue weighted by molar-refractivity contribution is 0.955. The maximum Gasteiger partial charge on any atom is 0.238 e. The summed E-state index contributed by atoms with van der Waals surface area (Å²) in [6, 6.07) is -0.394. The standard InChI is InChI=1S/C51H33N5/c1-4-14-34(15-5-1)36-24-26-39(27-25-36)50-52-49(38-18-8-3-9-19-38)53-51(54-50)56-44-22-12-10-20-41(44)42-32-33-46-47(48(42)56)43-21-11-13-23-45(43)55(46)40-30-28-37(29-31-40)35-16-6-2-7-17-35/h1-33H/i1D,2D,3D,4D,5D,6D,7D,8D,9D,14D,15D,16D,17D,18D,19D,24D,25D,26D,27D,28D,29D,30D,31D. The van der Waals surface area contributed by atoms with Crippen molar-refractivity contribution in [2.24, 2.45) is 0 Å². The summed E-state index contributed by atoms with van der Waals surface area (Å²) < 4.78 is 205. The second kappa shape index (κ2) is 13.0. The van der Waals surface area contributed by atoms with Crippen molar-refractivity contribution in [3.63, 3.8) is 0 Å². The Labute approximate surface area is 355 Å². The van der Waals surface area contributed by atoms with Gasteiger partial charge in [-0.3, -0.25) is 4.57 Å². The molecule has 3 heterocycles. The van der Waals surface area contributed by atoms with Crippen LogP contribution in [0.15, 0.2) is 200 Å². The maximum absolute atomic E-state index is 9.47. The Bertz CT molecular complexity index is 4460. The Morgan fingerprint density at radius 1 is 0.357 bits per heavy atom. The van der Waals surface area contributed by atoms with E-state index < -0.39 is 184 Å². The summed E-state index contributed by atoms with van der Waals surface area (Å²) in [5, 5.41) is 1.94. The Balaban J connectivity index is 1.26. The fourth-order valence-corrected chi connectivity index (χ4v) is 6.85. The largest absolute Gasteiger partial charge is 0.309 e. The Morgan fingerprint density at radius 2 is 0.821 bits per heavy atom. The Hall–Kier alpha value is -7.63. The van der Waals surface area contributed by atoms with Crippen molar-refractivity contribution in [1.82, 2.24) is 24.1 Å². The summed E-state index contributed by atoms with van der Waals surface area (Å²) in [5.41, 5.74) is -2.42. The van der Waals surface area contributed by atoms with Gasteiger partial charge in [0.1, 0.15) is 0 Å². The summed E-state index contributed by atoms with van der Waals surface area (Å²) in [7, 11) is 0. The summed E-state index contributed by atoms with van der Waals surface area (Å²) >= 11 is 0. The van der Waals surface area contributed by atoms with Gasteiger partial charge in [-0.2, -0.15) is 9.97 Å². The number of rotatable bonds is 6. The lowest BCUT2D eigenvalue weighted by Gasteiger charge is -2.12. The second-order valence-electron chi connectivity index (χ2n) is 12.3. The van der Waals surface area contributed by atoms with Gasteiger partial charge in [0.15, 0.2) is 11.6 Å². The van der Waals surface area contributed by atoms with Gasteiger partial charge in [0.25, 0.3) is 0 Å². The van der Waals surface area contributed by atoms with Crippen molar-refractivity contribution in [3.05, 3.63) is 200 Å². The van der Waals surface area contributed by atoms with Crippen molar-refractivity contribution in [2.45, 2.75) is 0 Å². The number of nitrogens with zero attached hydrogens (tertiary/aromatic N) is 5. The summed E-state index contributed by atoms with van der Waals surface area (Å²) in [6.45, 7) is 0. The molecule has 56 heavy (non-hydrogen) atoms. The quantitative estimate of drug-likeness (QED) is 0.171. The molecule has 0 amide bonds. The average Bonchev–Trinajstić information content (AvgIpc) is 4.18. The molecule has 0 atom stereocenters. The number of para-hydroxylation sites is 2. The number of aromatic nitrogens is 5. The minimum absolute atomic E-state index is 0.275. The van der Waals surface area contributed by atoms with E-state index in [1.54, 1.807) is 60.7 Å². The highest BCUT2D eigenvalue weighted by Crippen LogP contribution is 2.42. The van der Waals surface area contributed by atoms with Crippen LogP contribution in [0.5, 0.6) is 0 Å². The van der Waals surface area contributed by atoms with E-state index in [1.807, 2.05) is 0 Å². The van der Waals surface area contributed by atoms with Crippen LogP contribution in [0.4, 0.5) is 0 Å². The van der Waals surface area contributed by atoms with Gasteiger partial charge >= 0.3 is 0 Å². The van der Waals surface area contributed by atoms with Crippen LogP contribution in [0, 0.1) is 0 Å². The van der Waals surface area contributed by atoms with Crippen LogP contribution in [-0.2, 0) is 0 Å². The average molecular weight is 739 g/mol. The van der Waals surface area contributed by atoms with E-state index >= 15 is 0 Å². The number of hydrogen-bond acceptors (Lipinski definition) is 3. The third-order valence-corrected chi connectivity index (χ3v) is 9.20. The Kier molecular flexibility index (Phi) is 3.82. The van der Waals surface area contributed by atoms with Crippen LogP contribution in [0.3, 0.4) is 0 Å². The van der Waals surface area contributed by atoms with Gasteiger partial charge in [0, 0.05) is 38.4 Å². The molecule has 11 aromatic rings. The van der Waals surface area contributed by atoms with Gasteiger partial charge in [-0.05, 0) is 52.5 Å². The van der Waals surface area contributed by atoms with Gasteiger partial charge in [0.2, 0.25) is 5.95 Å². The number of hydrogen-bond donors (Lipinski definition) is 0. The van der Waals surface area contributed by atoms with E-state index in [4.69, 9.17) is 30.5 Å². The van der Waals surface area contributed by atoms with Gasteiger partial charge in [-0.15, -0.1) is 0 Å². The molecule has 0 saturated heterocycles. The molecule has 3 aromatic heterocycles. The molecule has 0 aliphatic rings. The SMILES string of the molecule is [2H]c1c([2H])c([2H])c(-c2nc(-c3c([2H])c([2H])c(-c4c([2H])c([2H])c([2H])c([2H])c4[2H])c([2H])c3[2H])nc(-n3c4ccccc4c4ccc5c(c6ccccc6n5-c5c([2H])c([2H])c(-c6c([2H])c([2H])c([2H])c([2H])c6[2H])c([2H])c5[2H])c43)n2)c([2H])c1[2H]. The zero-order chi connectivity index (χ0) is 57.0. The van der Waals surface area contributed by atoms with Crippen LogP contribution < -0.4 is 0 Å². The zero-order valence-electron chi connectivity index (χ0n) is 51.5. The van der Waals surface area contributed by atoms with Crippen LogP contribution >= 0.6 is 0 Å². The molecule has 0 fully saturated rings. The first kappa shape index (κ1) is 16.4. The van der Waals surface area contributed by atoms with Crippen molar-refractivity contribution < 1.29 is 31.5 Å². The number of benzene rings is 8. The minimum Gasteiger partial charge on any atom is -0.309 e. The highest BCUT2D eigenvalue weighted by Gasteiger charge is 2.23. The van der Waals surface area contributed by atoms with Gasteiger partial charge in [-0.1, -0.05) is 169 Å². The third-order valence-electron chi connectivity index (χ3n) is 9.20. The smallest absolute Gasteiger partial charge is 0.238 e. The maximum atomic E-state index is 9.47. The van der Waals surface area contributed by atoms with Gasteiger partial charge in [-0.25, -0.2) is 4.98 Å². The first-order valence-corrected chi connectivity index (χ1v) is 17.0. The summed E-state index contributed by atoms with van der Waals surface area (Å²) in [5.74, 6) is -1.55. The summed E-state index contributed by atoms with van der Waals surface area (Å²) in [6.07, 6.45) is 0. The van der Waals surface area contributed by atoms with E-state index in [0.717, 1.165) is 0 Å². The topological polar surface area (TPSA) is 48.5 Å². The molecular formula is C51H33N5. The molecular weight excluding hydrogens is 683 g/mol. The van der Waals surface area contributed by atoms with Crippen LogP contribution in [0.25, 0.3) is 100 Å². The van der Waals surface area contributed by atoms with Gasteiger partial charge < -0.3 is 4.57 Å². The molecule has 0 aliphatic carbocycles. The van der Waals surface area contributed by atoms with Crippen molar-refractivity contribution in [2.75, 3.05) is 0 Å². The third kappa shape index (κ3) is 5.21. The zero-order valence-corrected chi connectivity index (χ0v) is 28.5. The molecule has 0 unspecified atom stereocenters. The molecule has 262 valence electrons. The van der Waals surface area contributed by atoms with Crippen LogP contribution in [-0.4, -0.2) is 24.1 Å². The fourth-order valence-electron chi connectivity index (χ4n) is 6.85. The van der Waals surface area contributed by atoms with Crippen LogP contribution in [0.1, 0.15) is 31.5 Å². The second-order valence-corrected chi connectivity index (χ2v) is 12.3. The lowest BCUT2D eigenvalue weighted by Crippen LogP contribution is -2.06. The molecule has 0 spiro atoms. The Morgan fingerprint density at radius 3 is 1.43 bits per heavy atom. The van der Waals surface area contributed by atoms with Gasteiger partial charge in [0.05, 0.1) is 53.6 Å². The summed E-state index contributed by atoms with van der Waals surface area (Å²) in [4.78, 5) is 14.0. The van der Waals surface area contributed by atoms with E-state index in [1.165, 1.54) is 9.13 Å². The highest BCUT2D eigenvalue weighted by atomic mass is 15.2. The molecule has 0 aliphatic heterocycles. The normalized spacial score (nSPS) is 17.3.